The van der Waals surface area contributed by atoms with Gasteiger partial charge in [0, 0.05) is 30.1 Å². The molecule has 0 saturated carbocycles. The summed E-state index contributed by atoms with van der Waals surface area (Å²) in [5.41, 5.74) is 2.22. The van der Waals surface area contributed by atoms with Crippen LogP contribution in [0.3, 0.4) is 0 Å². The number of nitrogens with zero attached hydrogens (tertiary/aromatic N) is 1. The van der Waals surface area contributed by atoms with Crippen molar-refractivity contribution >= 4 is 0 Å². The topological polar surface area (TPSA) is 22.0 Å². The lowest BCUT2D eigenvalue weighted by Crippen LogP contribution is -2.16. The fourth-order valence-electron chi connectivity index (χ4n) is 2.08. The average molecular weight is 259 g/mol. The van der Waals surface area contributed by atoms with E-state index in [4.69, 9.17) is 0 Å². The van der Waals surface area contributed by atoms with Crippen molar-refractivity contribution in [2.24, 2.45) is 0 Å². The molecule has 1 aromatic heterocycles. The Kier molecular flexibility index (Phi) is 3.84. The van der Waals surface area contributed by atoms with Crippen LogP contribution in [-0.2, 0) is 6.54 Å². The molecular formula is C16H18FNO. The van der Waals surface area contributed by atoms with E-state index in [1.54, 1.807) is 12.1 Å². The molecule has 2 nitrogen and oxygen atoms in total. The minimum absolute atomic E-state index is 0.0336. The van der Waals surface area contributed by atoms with Gasteiger partial charge in [0.2, 0.25) is 0 Å². The Morgan fingerprint density at radius 1 is 1.16 bits per heavy atom. The molecule has 3 heteroatoms. The summed E-state index contributed by atoms with van der Waals surface area (Å²) in [5.74, 6) is -0.120. The van der Waals surface area contributed by atoms with E-state index in [2.05, 4.69) is 0 Å². The number of halogens is 1. The Balaban J connectivity index is 2.65. The second kappa shape index (κ2) is 5.39. The lowest BCUT2D eigenvalue weighted by Gasteiger charge is -2.12. The molecule has 0 atom stereocenters. The standard InChI is InChI=1S/C16H18FNO/c1-4-18-9-14(11(2)3)16(19)15(10-18)12-5-7-13(17)8-6-12/h5-11H,4H2,1-3H3. The fourth-order valence-corrected chi connectivity index (χ4v) is 2.08. The minimum Gasteiger partial charge on any atom is -0.353 e. The fraction of sp³-hybridized carbons (Fsp3) is 0.312. The Hall–Kier alpha value is -1.90. The highest BCUT2D eigenvalue weighted by atomic mass is 19.1. The largest absolute Gasteiger partial charge is 0.353 e. The van der Waals surface area contributed by atoms with Crippen LogP contribution in [0.15, 0.2) is 41.5 Å². The molecule has 0 aliphatic heterocycles. The molecule has 2 aromatic rings. The molecule has 0 radical (unpaired) electrons. The molecule has 0 aliphatic carbocycles. The van der Waals surface area contributed by atoms with Crippen molar-refractivity contribution in [3.8, 4) is 11.1 Å². The maximum atomic E-state index is 13.0. The quantitative estimate of drug-likeness (QED) is 0.821. The molecule has 0 saturated heterocycles. The third-order valence-electron chi connectivity index (χ3n) is 3.25. The van der Waals surface area contributed by atoms with Crippen molar-refractivity contribution in [1.82, 2.24) is 4.57 Å². The van der Waals surface area contributed by atoms with Crippen LogP contribution in [0, 0.1) is 5.82 Å². The zero-order chi connectivity index (χ0) is 14.0. The number of hydrogen-bond donors (Lipinski definition) is 0. The third-order valence-corrected chi connectivity index (χ3v) is 3.25. The Labute approximate surface area is 112 Å². The summed E-state index contributed by atoms with van der Waals surface area (Å²) >= 11 is 0. The van der Waals surface area contributed by atoms with Gasteiger partial charge in [0.1, 0.15) is 5.82 Å². The maximum Gasteiger partial charge on any atom is 0.192 e. The van der Waals surface area contributed by atoms with Gasteiger partial charge < -0.3 is 4.57 Å². The van der Waals surface area contributed by atoms with Crippen molar-refractivity contribution in [1.29, 1.82) is 0 Å². The highest BCUT2D eigenvalue weighted by molar-refractivity contribution is 5.63. The van der Waals surface area contributed by atoms with Crippen LogP contribution in [0.25, 0.3) is 11.1 Å². The molecule has 1 heterocycles. The van der Waals surface area contributed by atoms with E-state index in [9.17, 15) is 9.18 Å². The highest BCUT2D eigenvalue weighted by Crippen LogP contribution is 2.19. The van der Waals surface area contributed by atoms with Crippen LogP contribution >= 0.6 is 0 Å². The van der Waals surface area contributed by atoms with Crippen molar-refractivity contribution in [2.45, 2.75) is 33.2 Å². The molecule has 0 amide bonds. The number of rotatable bonds is 3. The molecule has 0 fully saturated rings. The summed E-state index contributed by atoms with van der Waals surface area (Å²) < 4.78 is 15.0. The van der Waals surface area contributed by atoms with Crippen LogP contribution < -0.4 is 5.43 Å². The first-order valence-electron chi connectivity index (χ1n) is 6.52. The SMILES string of the molecule is CCn1cc(-c2ccc(F)cc2)c(=O)c(C(C)C)c1. The smallest absolute Gasteiger partial charge is 0.192 e. The van der Waals surface area contributed by atoms with Gasteiger partial charge in [-0.1, -0.05) is 26.0 Å². The van der Waals surface area contributed by atoms with Crippen LogP contribution in [-0.4, -0.2) is 4.57 Å². The highest BCUT2D eigenvalue weighted by Gasteiger charge is 2.12. The van der Waals surface area contributed by atoms with E-state index in [1.165, 1.54) is 12.1 Å². The number of pyridine rings is 1. The molecule has 0 unspecified atom stereocenters. The van der Waals surface area contributed by atoms with Crippen molar-refractivity contribution in [2.75, 3.05) is 0 Å². The predicted molar refractivity (Wildman–Crippen MR) is 75.9 cm³/mol. The first-order chi connectivity index (χ1) is 9.02. The van der Waals surface area contributed by atoms with Crippen LogP contribution in [0.5, 0.6) is 0 Å². The molecule has 19 heavy (non-hydrogen) atoms. The summed E-state index contributed by atoms with van der Waals surface area (Å²) in [5, 5.41) is 0. The summed E-state index contributed by atoms with van der Waals surface area (Å²) in [6, 6.07) is 6.06. The first kappa shape index (κ1) is 13.5. The van der Waals surface area contributed by atoms with Gasteiger partial charge in [-0.15, -0.1) is 0 Å². The van der Waals surface area contributed by atoms with Gasteiger partial charge in [-0.2, -0.15) is 0 Å². The molecule has 0 N–H and O–H groups in total. The van der Waals surface area contributed by atoms with Gasteiger partial charge in [-0.05, 0) is 30.5 Å². The lowest BCUT2D eigenvalue weighted by atomic mass is 9.99. The molecule has 0 spiro atoms. The first-order valence-corrected chi connectivity index (χ1v) is 6.52. The lowest BCUT2D eigenvalue weighted by molar-refractivity contribution is 0.628. The van der Waals surface area contributed by atoms with E-state index in [0.29, 0.717) is 5.56 Å². The van der Waals surface area contributed by atoms with Crippen molar-refractivity contribution in [3.63, 3.8) is 0 Å². The zero-order valence-corrected chi connectivity index (χ0v) is 11.5. The van der Waals surface area contributed by atoms with Gasteiger partial charge in [-0.3, -0.25) is 4.79 Å². The number of hydrogen-bond acceptors (Lipinski definition) is 1. The summed E-state index contributed by atoms with van der Waals surface area (Å²) in [7, 11) is 0. The van der Waals surface area contributed by atoms with Crippen LogP contribution in [0.4, 0.5) is 4.39 Å². The predicted octanol–water partition coefficient (Wildman–Crippen LogP) is 3.80. The monoisotopic (exact) mass is 259 g/mol. The second-order valence-electron chi connectivity index (χ2n) is 4.95. The summed E-state index contributed by atoms with van der Waals surface area (Å²) in [6.45, 7) is 6.84. The normalized spacial score (nSPS) is 11.0. The van der Waals surface area contributed by atoms with E-state index in [-0.39, 0.29) is 17.2 Å². The Morgan fingerprint density at radius 3 is 2.32 bits per heavy atom. The molecule has 2 rings (SSSR count). The van der Waals surface area contributed by atoms with Crippen LogP contribution in [0.2, 0.25) is 0 Å². The van der Waals surface area contributed by atoms with E-state index < -0.39 is 0 Å². The Bertz CT molecular complexity index is 626. The van der Waals surface area contributed by atoms with Crippen molar-refractivity contribution < 1.29 is 4.39 Å². The van der Waals surface area contributed by atoms with E-state index in [0.717, 1.165) is 17.7 Å². The van der Waals surface area contributed by atoms with Gasteiger partial charge in [0.25, 0.3) is 0 Å². The number of benzene rings is 1. The van der Waals surface area contributed by atoms with Gasteiger partial charge >= 0.3 is 0 Å². The molecule has 100 valence electrons. The average Bonchev–Trinajstić information content (AvgIpc) is 2.40. The van der Waals surface area contributed by atoms with Crippen LogP contribution in [0.1, 0.15) is 32.3 Å². The Morgan fingerprint density at radius 2 is 1.79 bits per heavy atom. The van der Waals surface area contributed by atoms with Gasteiger partial charge in [-0.25, -0.2) is 4.39 Å². The maximum absolute atomic E-state index is 13.0. The molecule has 0 aliphatic rings. The van der Waals surface area contributed by atoms with Gasteiger partial charge in [0.15, 0.2) is 5.43 Å². The van der Waals surface area contributed by atoms with Gasteiger partial charge in [0.05, 0.1) is 0 Å². The molecular weight excluding hydrogens is 241 g/mol. The summed E-state index contributed by atoms with van der Waals surface area (Å²) in [6.07, 6.45) is 3.74. The molecule has 1 aromatic carbocycles. The van der Waals surface area contributed by atoms with E-state index in [1.807, 2.05) is 37.7 Å². The summed E-state index contributed by atoms with van der Waals surface area (Å²) in [4.78, 5) is 12.5. The van der Waals surface area contributed by atoms with Crippen molar-refractivity contribution in [3.05, 3.63) is 58.3 Å². The number of aryl methyl sites for hydroxylation is 1. The second-order valence-corrected chi connectivity index (χ2v) is 4.95. The third kappa shape index (κ3) is 2.75. The zero-order valence-electron chi connectivity index (χ0n) is 11.5. The molecule has 0 bridgehead atoms. The minimum atomic E-state index is -0.292. The number of aromatic nitrogens is 1. The van der Waals surface area contributed by atoms with E-state index >= 15 is 0 Å².